The lowest BCUT2D eigenvalue weighted by atomic mass is 9.89. The van der Waals surface area contributed by atoms with Crippen LogP contribution < -0.4 is 15.0 Å². The minimum atomic E-state index is -0.610. The lowest BCUT2D eigenvalue weighted by molar-refractivity contribution is 0.0706. The first-order chi connectivity index (χ1) is 15.5. The van der Waals surface area contributed by atoms with Crippen molar-refractivity contribution in [3.05, 3.63) is 89.2 Å². The highest BCUT2D eigenvalue weighted by molar-refractivity contribution is 6.00. The number of hydroxylamine groups is 1. The van der Waals surface area contributed by atoms with Crippen molar-refractivity contribution >= 4 is 11.7 Å². The molecule has 7 heteroatoms. The zero-order chi connectivity index (χ0) is 22.5. The Morgan fingerprint density at radius 1 is 1.09 bits per heavy atom. The van der Waals surface area contributed by atoms with Crippen LogP contribution in [-0.4, -0.2) is 23.5 Å². The summed E-state index contributed by atoms with van der Waals surface area (Å²) in [5.41, 5.74) is 3.08. The third kappa shape index (κ3) is 4.78. The number of ether oxygens (including phenoxy) is 2. The first kappa shape index (κ1) is 21.5. The van der Waals surface area contributed by atoms with E-state index in [1.54, 1.807) is 17.6 Å². The lowest BCUT2D eigenvalue weighted by Gasteiger charge is -2.16. The number of para-hydroxylation sites is 1. The summed E-state index contributed by atoms with van der Waals surface area (Å²) in [6.45, 7) is 0.273. The molecule has 1 amide bonds. The molecule has 1 atom stereocenters. The number of aryl methyl sites for hydroxylation is 1. The number of amides is 1. The van der Waals surface area contributed by atoms with Gasteiger partial charge in [0.15, 0.2) is 5.78 Å². The molecule has 6 nitrogen and oxygen atoms in total. The summed E-state index contributed by atoms with van der Waals surface area (Å²) in [4.78, 5) is 24.7. The van der Waals surface area contributed by atoms with E-state index in [0.29, 0.717) is 42.1 Å². The minimum absolute atomic E-state index is 0.175. The van der Waals surface area contributed by atoms with E-state index in [-0.39, 0.29) is 23.9 Å². The highest BCUT2D eigenvalue weighted by atomic mass is 19.1. The van der Waals surface area contributed by atoms with Crippen LogP contribution in [0.15, 0.2) is 66.7 Å². The number of carbonyl (C=O) groups excluding carboxylic acids is 2. The van der Waals surface area contributed by atoms with Crippen LogP contribution in [0.4, 0.5) is 4.39 Å². The summed E-state index contributed by atoms with van der Waals surface area (Å²) in [5.74, 6) is -0.103. The van der Waals surface area contributed by atoms with Crippen molar-refractivity contribution in [2.75, 3.05) is 6.61 Å². The average molecular weight is 435 g/mol. The quantitative estimate of drug-likeness (QED) is 0.438. The Kier molecular flexibility index (Phi) is 6.47. The van der Waals surface area contributed by atoms with E-state index in [0.717, 1.165) is 5.56 Å². The number of halogens is 1. The molecule has 0 aliphatic carbocycles. The average Bonchev–Trinajstić information content (AvgIpc) is 2.87. The largest absolute Gasteiger partial charge is 0.494 e. The summed E-state index contributed by atoms with van der Waals surface area (Å²) >= 11 is 0. The van der Waals surface area contributed by atoms with Crippen molar-refractivity contribution in [2.45, 2.75) is 19.3 Å². The highest BCUT2D eigenvalue weighted by Crippen LogP contribution is 2.34. The van der Waals surface area contributed by atoms with E-state index in [9.17, 15) is 14.0 Å². The van der Waals surface area contributed by atoms with E-state index in [4.69, 9.17) is 14.7 Å². The van der Waals surface area contributed by atoms with Crippen LogP contribution in [0.3, 0.4) is 0 Å². The molecule has 1 heterocycles. The van der Waals surface area contributed by atoms with Gasteiger partial charge in [-0.3, -0.25) is 14.8 Å². The zero-order valence-corrected chi connectivity index (χ0v) is 17.2. The zero-order valence-electron chi connectivity index (χ0n) is 17.2. The molecule has 3 aromatic rings. The summed E-state index contributed by atoms with van der Waals surface area (Å²) in [5, 5.41) is 8.68. The van der Waals surface area contributed by atoms with E-state index in [1.807, 2.05) is 24.3 Å². The molecule has 0 bridgehead atoms. The van der Waals surface area contributed by atoms with Crippen molar-refractivity contribution in [3.63, 3.8) is 0 Å². The van der Waals surface area contributed by atoms with Gasteiger partial charge in [-0.1, -0.05) is 18.2 Å². The fourth-order valence-corrected chi connectivity index (χ4v) is 3.75. The number of carbonyl (C=O) groups is 2. The molecule has 0 aromatic heterocycles. The Balaban J connectivity index is 1.51. The summed E-state index contributed by atoms with van der Waals surface area (Å²) in [6.07, 6.45) is 1.66. The van der Waals surface area contributed by atoms with Crippen LogP contribution in [-0.2, 0) is 6.42 Å². The molecule has 2 N–H and O–H groups in total. The number of Topliss-reactive ketones (excluding diaryl/α,β-unsaturated/α-hetero) is 1. The smallest absolute Gasteiger partial charge is 0.274 e. The van der Waals surface area contributed by atoms with Gasteiger partial charge in [0.2, 0.25) is 0 Å². The monoisotopic (exact) mass is 435 g/mol. The van der Waals surface area contributed by atoms with Crippen LogP contribution >= 0.6 is 0 Å². The first-order valence-electron chi connectivity index (χ1n) is 10.3. The molecular weight excluding hydrogens is 413 g/mol. The van der Waals surface area contributed by atoms with Gasteiger partial charge in [-0.25, -0.2) is 9.87 Å². The van der Waals surface area contributed by atoms with Crippen LogP contribution in [0.25, 0.3) is 0 Å². The molecule has 0 saturated carbocycles. The molecule has 0 radical (unpaired) electrons. The maximum atomic E-state index is 13.9. The minimum Gasteiger partial charge on any atom is -0.494 e. The van der Waals surface area contributed by atoms with Gasteiger partial charge >= 0.3 is 0 Å². The molecule has 0 fully saturated rings. The van der Waals surface area contributed by atoms with Gasteiger partial charge in [0, 0.05) is 11.5 Å². The van der Waals surface area contributed by atoms with Crippen LogP contribution in [0.1, 0.15) is 39.1 Å². The Labute approximate surface area is 184 Å². The van der Waals surface area contributed by atoms with Crippen LogP contribution in [0.2, 0.25) is 0 Å². The third-order valence-corrected chi connectivity index (χ3v) is 5.49. The fraction of sp³-hybridized carbons (Fsp3) is 0.200. The maximum absolute atomic E-state index is 13.9. The Morgan fingerprint density at radius 3 is 2.66 bits per heavy atom. The van der Waals surface area contributed by atoms with Crippen molar-refractivity contribution in [1.82, 2.24) is 5.48 Å². The van der Waals surface area contributed by atoms with E-state index < -0.39 is 11.7 Å². The number of hydrogen-bond acceptors (Lipinski definition) is 5. The first-order valence-corrected chi connectivity index (χ1v) is 10.3. The standard InChI is InChI=1S/C25H22FNO5/c26-19-9-12-23-21(15-19)24(28)17(6-5-16-3-1-2-4-22(16)32-23)13-14-31-20-10-7-18(8-11-20)25(29)27-30/h1-4,7-12,15,17,30H,5-6,13-14H2,(H,27,29). The van der Waals surface area contributed by atoms with Gasteiger partial charge in [0.05, 0.1) is 12.2 Å². The van der Waals surface area contributed by atoms with Gasteiger partial charge < -0.3 is 9.47 Å². The molecule has 0 saturated heterocycles. The van der Waals surface area contributed by atoms with Gasteiger partial charge in [-0.05, 0) is 73.4 Å². The van der Waals surface area contributed by atoms with Gasteiger partial charge in [-0.2, -0.15) is 0 Å². The molecule has 0 spiro atoms. The number of hydrogen-bond donors (Lipinski definition) is 2. The second-order valence-corrected chi connectivity index (χ2v) is 7.55. The van der Waals surface area contributed by atoms with Crippen LogP contribution in [0.5, 0.6) is 17.2 Å². The second-order valence-electron chi connectivity index (χ2n) is 7.55. The highest BCUT2D eigenvalue weighted by Gasteiger charge is 2.26. The van der Waals surface area contributed by atoms with Gasteiger partial charge in [-0.15, -0.1) is 0 Å². The normalized spacial score (nSPS) is 15.3. The summed E-state index contributed by atoms with van der Waals surface area (Å²) < 4.78 is 25.7. The molecule has 32 heavy (non-hydrogen) atoms. The molecular formula is C25H22FNO5. The Hall–Kier alpha value is -3.71. The predicted octanol–water partition coefficient (Wildman–Crippen LogP) is 4.95. The van der Waals surface area contributed by atoms with Crippen LogP contribution in [0, 0.1) is 11.7 Å². The summed E-state index contributed by atoms with van der Waals surface area (Å²) in [7, 11) is 0. The van der Waals surface area contributed by atoms with Crippen molar-refractivity contribution in [1.29, 1.82) is 0 Å². The van der Waals surface area contributed by atoms with Crippen molar-refractivity contribution in [2.24, 2.45) is 5.92 Å². The molecule has 1 unspecified atom stereocenters. The second kappa shape index (κ2) is 9.62. The maximum Gasteiger partial charge on any atom is 0.274 e. The Bertz CT molecular complexity index is 1130. The number of benzene rings is 3. The molecule has 1 aliphatic heterocycles. The lowest BCUT2D eigenvalue weighted by Crippen LogP contribution is -2.19. The van der Waals surface area contributed by atoms with Crippen molar-refractivity contribution in [3.8, 4) is 17.2 Å². The number of fused-ring (bicyclic) bond motifs is 2. The van der Waals surface area contributed by atoms with E-state index in [2.05, 4.69) is 0 Å². The van der Waals surface area contributed by atoms with Gasteiger partial charge in [0.1, 0.15) is 23.1 Å². The molecule has 3 aromatic carbocycles. The van der Waals surface area contributed by atoms with Crippen molar-refractivity contribution < 1.29 is 28.7 Å². The number of ketones is 1. The predicted molar refractivity (Wildman–Crippen MR) is 115 cm³/mol. The number of rotatable bonds is 5. The fourth-order valence-electron chi connectivity index (χ4n) is 3.75. The SMILES string of the molecule is O=C(NO)c1ccc(OCCC2CCc3ccccc3Oc3ccc(F)cc3C2=O)cc1. The Morgan fingerprint density at radius 2 is 1.88 bits per heavy atom. The third-order valence-electron chi connectivity index (χ3n) is 5.49. The van der Waals surface area contributed by atoms with E-state index in [1.165, 1.54) is 30.3 Å². The van der Waals surface area contributed by atoms with Gasteiger partial charge in [0.25, 0.3) is 5.91 Å². The summed E-state index contributed by atoms with van der Waals surface area (Å²) in [6, 6.07) is 17.9. The molecule has 1 aliphatic rings. The number of nitrogens with one attached hydrogen (secondary N) is 1. The molecule has 164 valence electrons. The topological polar surface area (TPSA) is 84.9 Å². The van der Waals surface area contributed by atoms with E-state index >= 15 is 0 Å². The molecule has 4 rings (SSSR count).